The maximum Gasteiger partial charge on any atom is 0.377 e. The Morgan fingerprint density at radius 1 is 1.53 bits per heavy atom. The lowest BCUT2D eigenvalue weighted by Gasteiger charge is -2.20. The van der Waals surface area contributed by atoms with E-state index < -0.39 is 5.97 Å². The molecule has 0 aromatic carbocycles. The van der Waals surface area contributed by atoms with Crippen molar-refractivity contribution in [2.75, 3.05) is 19.7 Å². The van der Waals surface area contributed by atoms with Gasteiger partial charge in [-0.05, 0) is 20.8 Å². The third-order valence-corrected chi connectivity index (χ3v) is 2.35. The number of amides is 1. The molecule has 6 heteroatoms. The van der Waals surface area contributed by atoms with Crippen LogP contribution in [0.5, 0.6) is 0 Å². The highest BCUT2D eigenvalue weighted by atomic mass is 16.6. The molecule has 104 valence electrons. The molecule has 1 rings (SSSR count). The van der Waals surface area contributed by atoms with Gasteiger partial charge < -0.3 is 14.2 Å². The van der Waals surface area contributed by atoms with Crippen LogP contribution in [-0.2, 0) is 9.53 Å². The van der Waals surface area contributed by atoms with E-state index in [0.717, 1.165) is 5.57 Å². The van der Waals surface area contributed by atoms with E-state index >= 15 is 0 Å². The zero-order chi connectivity index (χ0) is 14.4. The van der Waals surface area contributed by atoms with Crippen LogP contribution < -0.4 is 0 Å². The minimum Gasteiger partial charge on any atom is -0.450 e. The van der Waals surface area contributed by atoms with Crippen LogP contribution in [0.25, 0.3) is 0 Å². The number of nitrogens with zero attached hydrogens (tertiary/aromatic N) is 2. The van der Waals surface area contributed by atoms with Crippen LogP contribution in [0, 0.1) is 6.92 Å². The molecule has 0 N–H and O–H groups in total. The Morgan fingerprint density at radius 2 is 2.21 bits per heavy atom. The standard InChI is InChI=1S/C13H18N2O4/c1-5-15(7-9(2)3)12(16)8-18-13(17)11-6-10(4)14-19-11/h6H,2,5,7-8H2,1,3-4H3. The van der Waals surface area contributed by atoms with Gasteiger partial charge in [0, 0.05) is 19.2 Å². The van der Waals surface area contributed by atoms with Crippen molar-refractivity contribution in [1.29, 1.82) is 0 Å². The van der Waals surface area contributed by atoms with Gasteiger partial charge in [-0.2, -0.15) is 0 Å². The Hall–Kier alpha value is -2.11. The molecule has 0 aliphatic rings. The summed E-state index contributed by atoms with van der Waals surface area (Å²) in [5.41, 5.74) is 1.45. The number of carbonyl (C=O) groups excluding carboxylic acids is 2. The van der Waals surface area contributed by atoms with Crippen molar-refractivity contribution >= 4 is 11.9 Å². The number of aromatic nitrogens is 1. The van der Waals surface area contributed by atoms with Crippen molar-refractivity contribution < 1.29 is 18.8 Å². The van der Waals surface area contributed by atoms with Gasteiger partial charge in [0.15, 0.2) is 6.61 Å². The van der Waals surface area contributed by atoms with Crippen molar-refractivity contribution in [2.24, 2.45) is 0 Å². The van der Waals surface area contributed by atoms with E-state index in [-0.39, 0.29) is 18.3 Å². The molecule has 0 atom stereocenters. The lowest BCUT2D eigenvalue weighted by molar-refractivity contribution is -0.134. The zero-order valence-corrected chi connectivity index (χ0v) is 11.4. The molecule has 0 radical (unpaired) electrons. The summed E-state index contributed by atoms with van der Waals surface area (Å²) in [7, 11) is 0. The summed E-state index contributed by atoms with van der Waals surface area (Å²) in [6.07, 6.45) is 0. The molecule has 0 saturated carbocycles. The Bertz CT molecular complexity index is 479. The van der Waals surface area contributed by atoms with Crippen LogP contribution in [0.15, 0.2) is 22.7 Å². The van der Waals surface area contributed by atoms with Crippen LogP contribution in [0.4, 0.5) is 0 Å². The molecule has 6 nitrogen and oxygen atoms in total. The van der Waals surface area contributed by atoms with Gasteiger partial charge >= 0.3 is 5.97 Å². The second-order valence-corrected chi connectivity index (χ2v) is 4.27. The average molecular weight is 266 g/mol. The summed E-state index contributed by atoms with van der Waals surface area (Å²) in [4.78, 5) is 24.9. The first-order valence-corrected chi connectivity index (χ1v) is 5.96. The Balaban J connectivity index is 2.49. The maximum absolute atomic E-state index is 11.8. The molecular weight excluding hydrogens is 248 g/mol. The van der Waals surface area contributed by atoms with Gasteiger partial charge in [-0.15, -0.1) is 0 Å². The normalized spacial score (nSPS) is 10.1. The van der Waals surface area contributed by atoms with Gasteiger partial charge in [-0.25, -0.2) is 4.79 Å². The number of hydrogen-bond acceptors (Lipinski definition) is 5. The van der Waals surface area contributed by atoms with Crippen molar-refractivity contribution in [3.63, 3.8) is 0 Å². The molecule has 19 heavy (non-hydrogen) atoms. The van der Waals surface area contributed by atoms with Gasteiger partial charge in [0.25, 0.3) is 5.91 Å². The molecule has 0 aliphatic carbocycles. The largest absolute Gasteiger partial charge is 0.450 e. The topological polar surface area (TPSA) is 72.6 Å². The molecule has 1 aromatic rings. The smallest absolute Gasteiger partial charge is 0.377 e. The minimum absolute atomic E-state index is 0.00625. The number of hydrogen-bond donors (Lipinski definition) is 0. The van der Waals surface area contributed by atoms with Crippen molar-refractivity contribution in [1.82, 2.24) is 10.1 Å². The van der Waals surface area contributed by atoms with Gasteiger partial charge in [-0.1, -0.05) is 17.3 Å². The number of esters is 1. The summed E-state index contributed by atoms with van der Waals surface area (Å²) in [5.74, 6) is -0.969. The molecular formula is C13H18N2O4. The molecule has 0 spiro atoms. The molecule has 1 amide bonds. The monoisotopic (exact) mass is 266 g/mol. The Labute approximate surface area is 112 Å². The predicted molar refractivity (Wildman–Crippen MR) is 68.6 cm³/mol. The third-order valence-electron chi connectivity index (χ3n) is 2.35. The van der Waals surface area contributed by atoms with Crippen LogP contribution in [0.3, 0.4) is 0 Å². The summed E-state index contributed by atoms with van der Waals surface area (Å²) in [6.45, 7) is 9.79. The second-order valence-electron chi connectivity index (χ2n) is 4.27. The summed E-state index contributed by atoms with van der Waals surface area (Å²) in [5, 5.41) is 3.57. The van der Waals surface area contributed by atoms with Gasteiger partial charge in [0.1, 0.15) is 0 Å². The van der Waals surface area contributed by atoms with Gasteiger partial charge in [-0.3, -0.25) is 4.79 Å². The Kier molecular flexibility index (Phi) is 5.29. The quantitative estimate of drug-likeness (QED) is 0.577. The lowest BCUT2D eigenvalue weighted by atomic mass is 10.3. The van der Waals surface area contributed by atoms with Crippen molar-refractivity contribution in [3.05, 3.63) is 29.7 Å². The predicted octanol–water partition coefficient (Wildman–Crippen LogP) is 1.56. The maximum atomic E-state index is 11.8. The van der Waals surface area contributed by atoms with E-state index in [1.165, 1.54) is 6.07 Å². The minimum atomic E-state index is -0.694. The number of likely N-dealkylation sites (N-methyl/N-ethyl adjacent to an activating group) is 1. The van der Waals surface area contributed by atoms with Gasteiger partial charge in [0.05, 0.1) is 5.69 Å². The second kappa shape index (κ2) is 6.72. The molecule has 0 saturated heterocycles. The first-order chi connectivity index (χ1) is 8.93. The molecule has 0 aliphatic heterocycles. The van der Waals surface area contributed by atoms with Crippen LogP contribution in [0.2, 0.25) is 0 Å². The Morgan fingerprint density at radius 3 is 2.68 bits per heavy atom. The molecule has 0 bridgehead atoms. The molecule has 0 fully saturated rings. The van der Waals surface area contributed by atoms with E-state index in [4.69, 9.17) is 9.26 Å². The fraction of sp³-hybridized carbons (Fsp3) is 0.462. The summed E-state index contributed by atoms with van der Waals surface area (Å²) >= 11 is 0. The lowest BCUT2D eigenvalue weighted by Crippen LogP contribution is -2.35. The molecule has 1 heterocycles. The first kappa shape index (κ1) is 14.9. The summed E-state index contributed by atoms with van der Waals surface area (Å²) in [6, 6.07) is 1.46. The number of aryl methyl sites for hydroxylation is 1. The fourth-order valence-corrected chi connectivity index (χ4v) is 1.45. The summed E-state index contributed by atoms with van der Waals surface area (Å²) < 4.78 is 9.62. The molecule has 1 aromatic heterocycles. The third kappa shape index (κ3) is 4.57. The van der Waals surface area contributed by atoms with Gasteiger partial charge in [0.2, 0.25) is 5.76 Å². The zero-order valence-electron chi connectivity index (χ0n) is 11.4. The first-order valence-electron chi connectivity index (χ1n) is 5.96. The van der Waals surface area contributed by atoms with Crippen molar-refractivity contribution in [2.45, 2.75) is 20.8 Å². The number of ether oxygens (including phenoxy) is 1. The van der Waals surface area contributed by atoms with Crippen molar-refractivity contribution in [3.8, 4) is 0 Å². The van der Waals surface area contributed by atoms with E-state index in [0.29, 0.717) is 18.8 Å². The highest BCUT2D eigenvalue weighted by Crippen LogP contribution is 2.04. The van der Waals surface area contributed by atoms with E-state index in [1.54, 1.807) is 11.8 Å². The molecule has 0 unspecified atom stereocenters. The van der Waals surface area contributed by atoms with Crippen LogP contribution >= 0.6 is 0 Å². The number of carbonyl (C=O) groups is 2. The fourth-order valence-electron chi connectivity index (χ4n) is 1.45. The highest BCUT2D eigenvalue weighted by molar-refractivity contribution is 5.88. The van der Waals surface area contributed by atoms with E-state index in [1.807, 2.05) is 13.8 Å². The SMILES string of the molecule is C=C(C)CN(CC)C(=O)COC(=O)c1cc(C)no1. The van der Waals surface area contributed by atoms with Crippen LogP contribution in [-0.4, -0.2) is 41.6 Å². The highest BCUT2D eigenvalue weighted by Gasteiger charge is 2.17. The van der Waals surface area contributed by atoms with E-state index in [9.17, 15) is 9.59 Å². The van der Waals surface area contributed by atoms with Crippen LogP contribution in [0.1, 0.15) is 30.1 Å². The average Bonchev–Trinajstić information content (AvgIpc) is 2.79. The van der Waals surface area contributed by atoms with E-state index in [2.05, 4.69) is 11.7 Å². The number of rotatable bonds is 6.